The molecule has 0 heterocycles. The molecular formula is C10H18O5Si. The van der Waals surface area contributed by atoms with Gasteiger partial charge in [0.2, 0.25) is 16.3 Å². The largest absolute Gasteiger partial charge is 0.558 e. The lowest BCUT2D eigenvalue weighted by Crippen LogP contribution is -2.38. The number of carbonyl (C=O) groups excluding carboxylic acids is 1. The maximum absolute atomic E-state index is 11.7. The number of hydrogen-bond acceptors (Lipinski definition) is 5. The molecule has 0 spiro atoms. The molecule has 0 aromatic heterocycles. The summed E-state index contributed by atoms with van der Waals surface area (Å²) in [6, 6.07) is 0. The van der Waals surface area contributed by atoms with Crippen LogP contribution in [0.1, 0.15) is 6.92 Å². The maximum atomic E-state index is 11.7. The van der Waals surface area contributed by atoms with Gasteiger partial charge < -0.3 is 18.6 Å². The van der Waals surface area contributed by atoms with Crippen molar-refractivity contribution in [3.8, 4) is 0 Å². The van der Waals surface area contributed by atoms with Crippen LogP contribution < -0.4 is 0 Å². The van der Waals surface area contributed by atoms with Crippen molar-refractivity contribution in [2.45, 2.75) is 12.7 Å². The van der Waals surface area contributed by atoms with Crippen LogP contribution in [0.5, 0.6) is 0 Å². The molecule has 0 amide bonds. The van der Waals surface area contributed by atoms with Crippen LogP contribution in [0, 0.1) is 0 Å². The number of esters is 1. The summed E-state index contributed by atoms with van der Waals surface area (Å²) in [6.45, 7) is 5.55. The molecule has 16 heavy (non-hydrogen) atoms. The first kappa shape index (κ1) is 14.9. The molecule has 0 bridgehead atoms. The Morgan fingerprint density at radius 2 is 2.00 bits per heavy atom. The van der Waals surface area contributed by atoms with Crippen molar-refractivity contribution >= 4 is 16.5 Å². The molecule has 0 aromatic carbocycles. The van der Waals surface area contributed by atoms with E-state index in [4.69, 9.17) is 18.6 Å². The lowest BCUT2D eigenvalue weighted by molar-refractivity contribution is -0.163. The summed E-state index contributed by atoms with van der Waals surface area (Å²) in [5.41, 5.74) is 0.129. The second-order valence-electron chi connectivity index (χ2n) is 2.77. The van der Waals surface area contributed by atoms with Crippen LogP contribution in [0.4, 0.5) is 0 Å². The van der Waals surface area contributed by atoms with Crippen LogP contribution in [-0.4, -0.2) is 43.1 Å². The Morgan fingerprint density at radius 1 is 1.44 bits per heavy atom. The van der Waals surface area contributed by atoms with Gasteiger partial charge in [0.1, 0.15) is 5.57 Å². The van der Waals surface area contributed by atoms with Gasteiger partial charge in [-0.3, -0.25) is 0 Å². The predicted octanol–water partition coefficient (Wildman–Crippen LogP) is -0.0945. The van der Waals surface area contributed by atoms with Crippen molar-refractivity contribution in [2.24, 2.45) is 0 Å². The summed E-state index contributed by atoms with van der Waals surface area (Å²) >= 11 is 0. The summed E-state index contributed by atoms with van der Waals surface area (Å²) in [6.07, 6.45) is 2.65. The summed E-state index contributed by atoms with van der Waals surface area (Å²) in [4.78, 5) is 11.7. The Kier molecular flexibility index (Phi) is 6.71. The van der Waals surface area contributed by atoms with Crippen molar-refractivity contribution in [2.75, 3.05) is 20.8 Å². The minimum atomic E-state index is -1.34. The Balaban J connectivity index is 5.24. The second-order valence-corrected chi connectivity index (χ2v) is 3.24. The van der Waals surface area contributed by atoms with Crippen molar-refractivity contribution < 1.29 is 23.4 Å². The van der Waals surface area contributed by atoms with E-state index in [-0.39, 0.29) is 12.2 Å². The van der Waals surface area contributed by atoms with Gasteiger partial charge in [0, 0.05) is 14.2 Å². The topological polar surface area (TPSA) is 54.0 Å². The van der Waals surface area contributed by atoms with Crippen LogP contribution in [0.15, 0.2) is 24.5 Å². The fraction of sp³-hybridized carbons (Fsp3) is 0.500. The number of carbonyl (C=O) groups is 1. The molecule has 0 aliphatic carbocycles. The van der Waals surface area contributed by atoms with E-state index in [0.717, 1.165) is 0 Å². The van der Waals surface area contributed by atoms with Gasteiger partial charge in [0.15, 0.2) is 0 Å². The van der Waals surface area contributed by atoms with Gasteiger partial charge >= 0.3 is 5.97 Å². The van der Waals surface area contributed by atoms with E-state index in [2.05, 4.69) is 6.58 Å². The van der Waals surface area contributed by atoms with E-state index in [9.17, 15) is 4.79 Å². The van der Waals surface area contributed by atoms with Crippen LogP contribution in [0.3, 0.4) is 0 Å². The zero-order valence-electron chi connectivity index (χ0n) is 10.1. The average Bonchev–Trinajstić information content (AvgIpc) is 2.31. The summed E-state index contributed by atoms with van der Waals surface area (Å²) in [7, 11) is 3.26. The number of rotatable bonds is 7. The van der Waals surface area contributed by atoms with E-state index in [1.807, 2.05) is 0 Å². The molecule has 6 heteroatoms. The Bertz CT molecular complexity index is 270. The fourth-order valence-electron chi connectivity index (χ4n) is 1.18. The molecule has 0 N–H and O–H groups in total. The summed E-state index contributed by atoms with van der Waals surface area (Å²) in [5, 5.41) is 0. The SMILES string of the molecule is C=CC(OC)(OC)C(=CO[SiH3])C(=O)OCC. The van der Waals surface area contributed by atoms with Gasteiger partial charge in [-0.05, 0) is 13.0 Å². The third kappa shape index (κ3) is 3.19. The highest BCUT2D eigenvalue weighted by molar-refractivity contribution is 5.99. The van der Waals surface area contributed by atoms with Crippen LogP contribution in [0.25, 0.3) is 0 Å². The molecule has 0 radical (unpaired) electrons. The maximum Gasteiger partial charge on any atom is 0.342 e. The van der Waals surface area contributed by atoms with Gasteiger partial charge in [-0.1, -0.05) is 6.58 Å². The number of ether oxygens (including phenoxy) is 3. The third-order valence-electron chi connectivity index (χ3n) is 1.98. The van der Waals surface area contributed by atoms with Gasteiger partial charge in [0.25, 0.3) is 0 Å². The van der Waals surface area contributed by atoms with Crippen LogP contribution in [-0.2, 0) is 23.4 Å². The first-order valence-electron chi connectivity index (χ1n) is 4.76. The molecule has 0 saturated heterocycles. The normalized spacial score (nSPS) is 12.3. The Morgan fingerprint density at radius 3 is 2.31 bits per heavy atom. The molecule has 0 saturated carbocycles. The van der Waals surface area contributed by atoms with E-state index in [1.54, 1.807) is 6.92 Å². The molecule has 5 nitrogen and oxygen atoms in total. The zero-order chi connectivity index (χ0) is 12.6. The molecule has 0 aliphatic rings. The van der Waals surface area contributed by atoms with Crippen molar-refractivity contribution in [3.05, 3.63) is 24.5 Å². The minimum Gasteiger partial charge on any atom is -0.558 e. The highest BCUT2D eigenvalue weighted by atomic mass is 28.2. The van der Waals surface area contributed by atoms with Gasteiger partial charge in [-0.2, -0.15) is 0 Å². The molecular weight excluding hydrogens is 228 g/mol. The van der Waals surface area contributed by atoms with Gasteiger partial charge in [-0.15, -0.1) is 0 Å². The first-order chi connectivity index (χ1) is 7.61. The van der Waals surface area contributed by atoms with E-state index in [0.29, 0.717) is 10.5 Å². The summed E-state index contributed by atoms with van der Waals surface area (Å²) in [5.74, 6) is -1.89. The Hall–Kier alpha value is -1.11. The number of methoxy groups -OCH3 is 2. The lowest BCUT2D eigenvalue weighted by atomic mass is 10.1. The van der Waals surface area contributed by atoms with Gasteiger partial charge in [-0.25, -0.2) is 4.79 Å². The van der Waals surface area contributed by atoms with E-state index < -0.39 is 11.8 Å². The monoisotopic (exact) mass is 246 g/mol. The molecule has 92 valence electrons. The Labute approximate surface area is 98.6 Å². The first-order valence-corrected chi connectivity index (χ1v) is 5.57. The third-order valence-corrected chi connectivity index (χ3v) is 2.22. The van der Waals surface area contributed by atoms with E-state index >= 15 is 0 Å². The van der Waals surface area contributed by atoms with Crippen molar-refractivity contribution in [1.82, 2.24) is 0 Å². The molecule has 0 fully saturated rings. The lowest BCUT2D eigenvalue weighted by Gasteiger charge is -2.28. The van der Waals surface area contributed by atoms with Crippen molar-refractivity contribution in [3.63, 3.8) is 0 Å². The molecule has 0 atom stereocenters. The second kappa shape index (κ2) is 7.21. The molecule has 0 rings (SSSR count). The van der Waals surface area contributed by atoms with E-state index in [1.165, 1.54) is 26.6 Å². The molecule has 0 aliphatic heterocycles. The highest BCUT2D eigenvalue weighted by Gasteiger charge is 2.37. The minimum absolute atomic E-state index is 0.129. The van der Waals surface area contributed by atoms with Gasteiger partial charge in [0.05, 0.1) is 12.9 Å². The van der Waals surface area contributed by atoms with Crippen LogP contribution >= 0.6 is 0 Å². The quantitative estimate of drug-likeness (QED) is 0.157. The highest BCUT2D eigenvalue weighted by Crippen LogP contribution is 2.24. The zero-order valence-corrected chi connectivity index (χ0v) is 12.1. The molecule has 0 unspecified atom stereocenters. The fourth-order valence-corrected chi connectivity index (χ4v) is 1.41. The predicted molar refractivity (Wildman–Crippen MR) is 62.7 cm³/mol. The van der Waals surface area contributed by atoms with Crippen molar-refractivity contribution in [1.29, 1.82) is 0 Å². The number of hydrogen-bond donors (Lipinski definition) is 0. The standard InChI is InChI=1S/C10H18O5Si/c1-5-10(12-3,13-4)8(7-15-16)9(11)14-6-2/h5,7H,1,6H2,2-4,16H3. The van der Waals surface area contributed by atoms with Crippen LogP contribution in [0.2, 0.25) is 0 Å². The molecule has 0 aromatic rings. The smallest absolute Gasteiger partial charge is 0.342 e. The average molecular weight is 246 g/mol. The summed E-state index contributed by atoms with van der Waals surface area (Å²) < 4.78 is 20.1.